The van der Waals surface area contributed by atoms with Crippen LogP contribution >= 0.6 is 0 Å². The average Bonchev–Trinajstić information content (AvgIpc) is 2.92. The summed E-state index contributed by atoms with van der Waals surface area (Å²) >= 11 is 0. The number of aromatic nitrogens is 2. The largest absolute Gasteiger partial charge is 0.490 e. The summed E-state index contributed by atoms with van der Waals surface area (Å²) in [5.41, 5.74) is 2.02. The van der Waals surface area contributed by atoms with Crippen LogP contribution in [0.3, 0.4) is 0 Å². The number of nitrogens with one attached hydrogen (secondary N) is 1. The maximum Gasteiger partial charge on any atom is 0.270 e. The normalized spacial score (nSPS) is 16.5. The van der Waals surface area contributed by atoms with E-state index >= 15 is 0 Å². The second-order valence-electron chi connectivity index (χ2n) is 6.92. The Morgan fingerprint density at radius 1 is 1.40 bits per heavy atom. The van der Waals surface area contributed by atoms with Crippen LogP contribution in [0.4, 0.5) is 0 Å². The zero-order chi connectivity index (χ0) is 18.0. The maximum atomic E-state index is 12.9. The molecule has 0 spiro atoms. The van der Waals surface area contributed by atoms with Crippen LogP contribution in [0.1, 0.15) is 49.8 Å². The molecule has 3 heterocycles. The Morgan fingerprint density at radius 2 is 2.12 bits per heavy atom. The van der Waals surface area contributed by atoms with E-state index in [1.165, 1.54) is 0 Å². The molecule has 1 aliphatic heterocycles. The van der Waals surface area contributed by atoms with Gasteiger partial charge in [0.2, 0.25) is 0 Å². The van der Waals surface area contributed by atoms with E-state index in [1.54, 1.807) is 0 Å². The second kappa shape index (κ2) is 7.44. The molecule has 0 aromatic carbocycles. The maximum absolute atomic E-state index is 12.9. The molecule has 0 unspecified atom stereocenters. The number of carbonyl (C=O) groups is 1. The quantitative estimate of drug-likeness (QED) is 0.906. The topological polar surface area (TPSA) is 58.9 Å². The molecule has 0 bridgehead atoms. The predicted octanol–water partition coefficient (Wildman–Crippen LogP) is 2.64. The third-order valence-electron chi connectivity index (χ3n) is 4.90. The van der Waals surface area contributed by atoms with Crippen molar-refractivity contribution in [2.75, 3.05) is 19.7 Å². The number of hydrogen-bond acceptors (Lipinski definition) is 4. The average molecular weight is 344 g/mol. The Labute approximate surface area is 149 Å². The highest BCUT2D eigenvalue weighted by Gasteiger charge is 2.25. The number of hydrogen-bond donors (Lipinski definition) is 1. The smallest absolute Gasteiger partial charge is 0.270 e. The molecule has 0 radical (unpaired) electrons. The summed E-state index contributed by atoms with van der Waals surface area (Å²) in [5, 5.41) is 3.20. The summed E-state index contributed by atoms with van der Waals surface area (Å²) in [4.78, 5) is 19.9. The van der Waals surface area contributed by atoms with Gasteiger partial charge in [-0.2, -0.15) is 0 Å². The Bertz CT molecular complexity index is 745. The van der Waals surface area contributed by atoms with Gasteiger partial charge in [0.1, 0.15) is 5.69 Å². The molecular formula is C19H28N4O2. The van der Waals surface area contributed by atoms with Gasteiger partial charge in [-0.3, -0.25) is 9.20 Å². The van der Waals surface area contributed by atoms with Crippen LogP contribution in [0.2, 0.25) is 0 Å². The molecule has 1 aliphatic rings. The minimum atomic E-state index is -0.0540. The van der Waals surface area contributed by atoms with Gasteiger partial charge in [0, 0.05) is 31.4 Å². The van der Waals surface area contributed by atoms with Crippen molar-refractivity contribution >= 4 is 11.6 Å². The van der Waals surface area contributed by atoms with E-state index < -0.39 is 0 Å². The standard InChI is InChI=1S/C19H28N4O2/c1-5-25-16-7-6-10-23-17(14(4)20-18(16)23)19(24)21-15-8-11-22(12-9-15)13(2)3/h6-7,10,13,15H,5,8-9,11-12H2,1-4H3,(H,21,24). The summed E-state index contributed by atoms with van der Waals surface area (Å²) in [7, 11) is 0. The first kappa shape index (κ1) is 17.7. The number of imidazole rings is 1. The fourth-order valence-electron chi connectivity index (χ4n) is 3.51. The van der Waals surface area contributed by atoms with Gasteiger partial charge in [-0.1, -0.05) is 0 Å². The van der Waals surface area contributed by atoms with E-state index in [4.69, 9.17) is 4.74 Å². The van der Waals surface area contributed by atoms with Gasteiger partial charge in [-0.15, -0.1) is 0 Å². The molecule has 0 aliphatic carbocycles. The monoisotopic (exact) mass is 344 g/mol. The number of amides is 1. The van der Waals surface area contributed by atoms with E-state index in [2.05, 4.69) is 29.0 Å². The van der Waals surface area contributed by atoms with Gasteiger partial charge in [-0.25, -0.2) is 4.98 Å². The molecule has 2 aromatic heterocycles. The van der Waals surface area contributed by atoms with E-state index in [0.717, 1.165) is 31.6 Å². The summed E-state index contributed by atoms with van der Waals surface area (Å²) in [6.07, 6.45) is 3.85. The van der Waals surface area contributed by atoms with Gasteiger partial charge >= 0.3 is 0 Å². The highest BCUT2D eigenvalue weighted by Crippen LogP contribution is 2.22. The van der Waals surface area contributed by atoms with Crippen LogP contribution in [0.5, 0.6) is 5.75 Å². The third kappa shape index (κ3) is 3.63. The van der Waals surface area contributed by atoms with E-state index in [9.17, 15) is 4.79 Å². The predicted molar refractivity (Wildman–Crippen MR) is 98.3 cm³/mol. The zero-order valence-corrected chi connectivity index (χ0v) is 15.6. The molecule has 3 rings (SSSR count). The molecule has 6 nitrogen and oxygen atoms in total. The fraction of sp³-hybridized carbons (Fsp3) is 0.579. The van der Waals surface area contributed by atoms with Gasteiger partial charge in [-0.05, 0) is 52.7 Å². The van der Waals surface area contributed by atoms with Crippen molar-refractivity contribution in [2.45, 2.75) is 52.6 Å². The van der Waals surface area contributed by atoms with Crippen molar-refractivity contribution in [2.24, 2.45) is 0 Å². The molecule has 0 saturated carbocycles. The van der Waals surface area contributed by atoms with Crippen LogP contribution < -0.4 is 10.1 Å². The van der Waals surface area contributed by atoms with Crippen LogP contribution in [0, 0.1) is 6.92 Å². The van der Waals surface area contributed by atoms with E-state index in [1.807, 2.05) is 36.6 Å². The fourth-order valence-corrected chi connectivity index (χ4v) is 3.51. The van der Waals surface area contributed by atoms with Crippen LogP contribution in [-0.2, 0) is 0 Å². The molecule has 1 saturated heterocycles. The molecule has 1 amide bonds. The van der Waals surface area contributed by atoms with Crippen LogP contribution in [0.15, 0.2) is 18.3 Å². The molecular weight excluding hydrogens is 316 g/mol. The van der Waals surface area contributed by atoms with E-state index in [-0.39, 0.29) is 11.9 Å². The molecule has 1 fully saturated rings. The second-order valence-corrected chi connectivity index (χ2v) is 6.92. The number of likely N-dealkylation sites (tertiary alicyclic amines) is 1. The lowest BCUT2D eigenvalue weighted by Gasteiger charge is -2.34. The summed E-state index contributed by atoms with van der Waals surface area (Å²) < 4.78 is 7.46. The lowest BCUT2D eigenvalue weighted by atomic mass is 10.0. The van der Waals surface area contributed by atoms with Crippen LogP contribution in [0.25, 0.3) is 5.65 Å². The Hall–Kier alpha value is -2.08. The zero-order valence-electron chi connectivity index (χ0n) is 15.6. The first-order chi connectivity index (χ1) is 12.0. The third-order valence-corrected chi connectivity index (χ3v) is 4.90. The molecule has 25 heavy (non-hydrogen) atoms. The number of ether oxygens (including phenoxy) is 1. The Kier molecular flexibility index (Phi) is 5.27. The van der Waals surface area contributed by atoms with Crippen molar-refractivity contribution < 1.29 is 9.53 Å². The SMILES string of the molecule is CCOc1cccn2c(C(=O)NC3CCN(C(C)C)CC3)c(C)nc12. The van der Waals surface area contributed by atoms with Gasteiger partial charge < -0.3 is 15.0 Å². The van der Waals surface area contributed by atoms with Gasteiger partial charge in [0.05, 0.1) is 12.3 Å². The molecule has 6 heteroatoms. The molecule has 0 atom stereocenters. The number of nitrogens with zero attached hydrogens (tertiary/aromatic N) is 3. The Balaban J connectivity index is 1.77. The Morgan fingerprint density at radius 3 is 2.76 bits per heavy atom. The van der Waals surface area contributed by atoms with Gasteiger partial charge in [0.15, 0.2) is 11.4 Å². The van der Waals surface area contributed by atoms with Crippen LogP contribution in [-0.4, -0.2) is 52.0 Å². The number of piperidine rings is 1. The number of aryl methyl sites for hydroxylation is 1. The lowest BCUT2D eigenvalue weighted by molar-refractivity contribution is 0.0894. The first-order valence-corrected chi connectivity index (χ1v) is 9.16. The lowest BCUT2D eigenvalue weighted by Crippen LogP contribution is -2.46. The minimum absolute atomic E-state index is 0.0540. The minimum Gasteiger partial charge on any atom is -0.490 e. The molecule has 1 N–H and O–H groups in total. The highest BCUT2D eigenvalue weighted by atomic mass is 16.5. The molecule has 2 aromatic rings. The van der Waals surface area contributed by atoms with Crippen molar-refractivity contribution in [3.05, 3.63) is 29.7 Å². The summed E-state index contributed by atoms with van der Waals surface area (Å²) in [5.74, 6) is 0.652. The first-order valence-electron chi connectivity index (χ1n) is 9.16. The van der Waals surface area contributed by atoms with Gasteiger partial charge in [0.25, 0.3) is 5.91 Å². The summed E-state index contributed by atoms with van der Waals surface area (Å²) in [6, 6.07) is 4.56. The molecule has 136 valence electrons. The van der Waals surface area contributed by atoms with E-state index in [0.29, 0.717) is 29.7 Å². The highest BCUT2D eigenvalue weighted by molar-refractivity contribution is 5.95. The number of carbonyl (C=O) groups excluding carboxylic acids is 1. The van der Waals surface area contributed by atoms with Crippen molar-refractivity contribution in [1.29, 1.82) is 0 Å². The van der Waals surface area contributed by atoms with Crippen molar-refractivity contribution in [3.63, 3.8) is 0 Å². The summed E-state index contributed by atoms with van der Waals surface area (Å²) in [6.45, 7) is 10.9. The number of rotatable bonds is 5. The number of pyridine rings is 1. The van der Waals surface area contributed by atoms with Crippen molar-refractivity contribution in [1.82, 2.24) is 19.6 Å². The number of fused-ring (bicyclic) bond motifs is 1. The van der Waals surface area contributed by atoms with Crippen molar-refractivity contribution in [3.8, 4) is 5.75 Å².